The van der Waals surface area contributed by atoms with E-state index in [4.69, 9.17) is 9.57 Å². The number of thioether (sulfide) groups is 1. The summed E-state index contributed by atoms with van der Waals surface area (Å²) >= 11 is 1.20. The smallest absolute Gasteiger partial charge is 0.337 e. The second-order valence-electron chi connectivity index (χ2n) is 8.65. The van der Waals surface area contributed by atoms with E-state index < -0.39 is 47.1 Å². The summed E-state index contributed by atoms with van der Waals surface area (Å²) in [6.07, 6.45) is -0.752. The lowest BCUT2D eigenvalue weighted by Gasteiger charge is -2.53. The van der Waals surface area contributed by atoms with E-state index >= 15 is 0 Å². The Morgan fingerprint density at radius 2 is 1.43 bits per heavy atom. The lowest BCUT2D eigenvalue weighted by Crippen LogP contribution is -2.76. The van der Waals surface area contributed by atoms with Gasteiger partial charge in [-0.15, -0.1) is 11.8 Å². The summed E-state index contributed by atoms with van der Waals surface area (Å²) in [6.45, 7) is 1.30. The Morgan fingerprint density at radius 1 is 0.892 bits per heavy atom. The molecule has 0 spiro atoms. The zero-order valence-corrected chi connectivity index (χ0v) is 20.7. The number of amides is 2. The van der Waals surface area contributed by atoms with E-state index in [-0.39, 0.29) is 5.75 Å². The minimum absolute atomic E-state index is 0.00311. The van der Waals surface area contributed by atoms with Gasteiger partial charge < -0.3 is 14.5 Å². The van der Waals surface area contributed by atoms with Crippen LogP contribution in [0, 0.1) is 0 Å². The number of nitrogens with zero attached hydrogens (tertiary/aromatic N) is 2. The predicted octanol–water partition coefficient (Wildman–Crippen LogP) is 3.38. The number of carbonyl (C=O) groups excluding carboxylic acids is 4. The molecule has 9 heteroatoms. The van der Waals surface area contributed by atoms with Crippen molar-refractivity contribution >= 4 is 35.3 Å². The van der Waals surface area contributed by atoms with Gasteiger partial charge in [0, 0.05) is 6.92 Å². The summed E-state index contributed by atoms with van der Waals surface area (Å²) in [6, 6.07) is 24.7. The van der Waals surface area contributed by atoms with Crippen LogP contribution in [-0.2, 0) is 23.9 Å². The summed E-state index contributed by atoms with van der Waals surface area (Å²) in [7, 11) is 0. The average molecular weight is 517 g/mol. The normalized spacial score (nSPS) is 20.6. The fourth-order valence-electron chi connectivity index (χ4n) is 4.46. The number of benzene rings is 3. The minimum atomic E-state index is -1.39. The maximum atomic E-state index is 13.4. The van der Waals surface area contributed by atoms with Gasteiger partial charge in [-0.2, -0.15) is 5.06 Å². The molecule has 2 fully saturated rings. The molecule has 3 aromatic carbocycles. The van der Waals surface area contributed by atoms with E-state index in [0.717, 1.165) is 16.2 Å². The lowest BCUT2D eigenvalue weighted by molar-refractivity contribution is -0.196. The molecule has 2 saturated heterocycles. The Kier molecular flexibility index (Phi) is 6.96. The highest BCUT2D eigenvalue weighted by Crippen LogP contribution is 2.40. The highest BCUT2D eigenvalue weighted by molar-refractivity contribution is 8.00. The van der Waals surface area contributed by atoms with Crippen LogP contribution in [0.25, 0.3) is 0 Å². The number of Topliss-reactive ketones (excluding diaryl/α,β-unsaturated/α-hetero) is 1. The van der Waals surface area contributed by atoms with Crippen molar-refractivity contribution in [2.45, 2.75) is 30.5 Å². The van der Waals surface area contributed by atoms with Gasteiger partial charge in [0.2, 0.25) is 0 Å². The minimum Gasteiger partial charge on any atom is -0.451 e. The van der Waals surface area contributed by atoms with Gasteiger partial charge in [-0.1, -0.05) is 78.9 Å². The number of hydroxylamine groups is 2. The molecule has 0 radical (unpaired) electrons. The molecular weight excluding hydrogens is 492 g/mol. The van der Waals surface area contributed by atoms with Gasteiger partial charge in [-0.25, -0.2) is 4.79 Å². The third-order valence-electron chi connectivity index (χ3n) is 6.20. The van der Waals surface area contributed by atoms with Crippen LogP contribution >= 0.6 is 11.8 Å². The molecule has 2 heterocycles. The van der Waals surface area contributed by atoms with Crippen molar-refractivity contribution in [3.63, 3.8) is 0 Å². The van der Waals surface area contributed by atoms with Gasteiger partial charge in [0.1, 0.15) is 5.37 Å². The van der Waals surface area contributed by atoms with Gasteiger partial charge in [0.05, 0.1) is 5.75 Å². The first-order valence-electron chi connectivity index (χ1n) is 11.8. The van der Waals surface area contributed by atoms with Crippen LogP contribution < -0.4 is 4.84 Å². The first-order chi connectivity index (χ1) is 18.0. The van der Waals surface area contributed by atoms with Crippen LogP contribution in [-0.4, -0.2) is 56.7 Å². The van der Waals surface area contributed by atoms with E-state index in [1.54, 1.807) is 30.3 Å². The molecule has 0 N–H and O–H groups in total. The summed E-state index contributed by atoms with van der Waals surface area (Å²) in [5, 5.41) is 0.392. The number of esters is 1. The summed E-state index contributed by atoms with van der Waals surface area (Å²) in [5.41, 5.74) is 1.48. The molecule has 3 aromatic rings. The fourth-order valence-corrected chi connectivity index (χ4v) is 5.74. The Labute approximate surface area is 218 Å². The largest absolute Gasteiger partial charge is 0.451 e. The monoisotopic (exact) mass is 516 g/mol. The molecular formula is C28H24N2O6S. The standard InChI is InChI=1S/C28H24N2O6S/c1-18(31)30(36-21-15-9-4-10-16-21)24-26(33)29-23(22(32)17-37-27(24)29)28(34)35-25(19-11-5-2-6-12-19)20-13-7-3-8-14-20/h2-16,23-25,27H,17H2,1H3/t23?,24-,27-/m1/s1. The lowest BCUT2D eigenvalue weighted by atomic mass is 9.99. The highest BCUT2D eigenvalue weighted by atomic mass is 32.2. The van der Waals surface area contributed by atoms with E-state index in [1.807, 2.05) is 60.7 Å². The van der Waals surface area contributed by atoms with E-state index in [9.17, 15) is 19.2 Å². The second kappa shape index (κ2) is 10.5. The van der Waals surface area contributed by atoms with Gasteiger partial charge in [0.15, 0.2) is 29.7 Å². The topological polar surface area (TPSA) is 93.2 Å². The van der Waals surface area contributed by atoms with Crippen molar-refractivity contribution < 1.29 is 28.8 Å². The number of fused-ring (bicyclic) bond motifs is 1. The van der Waals surface area contributed by atoms with E-state index in [2.05, 4.69) is 0 Å². The van der Waals surface area contributed by atoms with Crippen LogP contribution in [0.4, 0.5) is 0 Å². The molecule has 3 atom stereocenters. The van der Waals surface area contributed by atoms with E-state index in [1.165, 1.54) is 23.6 Å². The molecule has 2 amide bonds. The molecule has 37 heavy (non-hydrogen) atoms. The van der Waals surface area contributed by atoms with Crippen LogP contribution in [0.3, 0.4) is 0 Å². The molecule has 8 nitrogen and oxygen atoms in total. The highest BCUT2D eigenvalue weighted by Gasteiger charge is 2.61. The van der Waals surface area contributed by atoms with Gasteiger partial charge in [-0.05, 0) is 23.3 Å². The summed E-state index contributed by atoms with van der Waals surface area (Å²) in [5.74, 6) is -1.84. The number of hydrogen-bond acceptors (Lipinski definition) is 7. The number of hydrogen-bond donors (Lipinski definition) is 0. The Hall–Kier alpha value is -4.11. The Morgan fingerprint density at radius 3 is 1.97 bits per heavy atom. The predicted molar refractivity (Wildman–Crippen MR) is 136 cm³/mol. The quantitative estimate of drug-likeness (QED) is 0.206. The molecule has 0 saturated carbocycles. The zero-order valence-electron chi connectivity index (χ0n) is 19.9. The van der Waals surface area contributed by atoms with Crippen molar-refractivity contribution in [1.82, 2.24) is 9.96 Å². The van der Waals surface area contributed by atoms with Crippen molar-refractivity contribution in [1.29, 1.82) is 0 Å². The van der Waals surface area contributed by atoms with E-state index in [0.29, 0.717) is 5.75 Å². The molecule has 0 bridgehead atoms. The van der Waals surface area contributed by atoms with Crippen LogP contribution in [0.5, 0.6) is 5.75 Å². The third-order valence-corrected chi connectivity index (χ3v) is 7.48. The molecule has 0 aromatic heterocycles. The van der Waals surface area contributed by atoms with Crippen LogP contribution in [0.1, 0.15) is 24.2 Å². The number of β-lactam (4-membered cyclic amide) rings is 1. The van der Waals surface area contributed by atoms with Crippen LogP contribution in [0.2, 0.25) is 0 Å². The number of ether oxygens (including phenoxy) is 1. The molecule has 2 aliphatic heterocycles. The average Bonchev–Trinajstić information content (AvgIpc) is 2.92. The Bertz CT molecular complexity index is 1260. The summed E-state index contributed by atoms with van der Waals surface area (Å²) < 4.78 is 5.90. The Balaban J connectivity index is 1.38. The number of para-hydroxylation sites is 1. The molecule has 188 valence electrons. The zero-order chi connectivity index (χ0) is 25.9. The van der Waals surface area contributed by atoms with Crippen LogP contribution in [0.15, 0.2) is 91.0 Å². The number of rotatable bonds is 7. The molecule has 5 rings (SSSR count). The fraction of sp³-hybridized carbons (Fsp3) is 0.214. The maximum absolute atomic E-state index is 13.4. The third kappa shape index (κ3) is 4.82. The van der Waals surface area contributed by atoms with Gasteiger partial charge >= 0.3 is 5.97 Å². The van der Waals surface area contributed by atoms with Crippen molar-refractivity contribution in [2.24, 2.45) is 0 Å². The number of ketones is 1. The second-order valence-corrected chi connectivity index (χ2v) is 9.75. The number of carbonyl (C=O) groups is 4. The van der Waals surface area contributed by atoms with Gasteiger partial charge in [-0.3, -0.25) is 14.4 Å². The molecule has 1 unspecified atom stereocenters. The molecule has 0 aliphatic carbocycles. The van der Waals surface area contributed by atoms with Crippen molar-refractivity contribution in [2.75, 3.05) is 5.75 Å². The maximum Gasteiger partial charge on any atom is 0.337 e. The van der Waals surface area contributed by atoms with Crippen molar-refractivity contribution in [3.05, 3.63) is 102 Å². The first-order valence-corrected chi connectivity index (χ1v) is 12.8. The SMILES string of the molecule is CC(=O)N(Oc1ccccc1)[C@@H]1C(=O)N2C(C(=O)OC(c3ccccc3)c3ccccc3)C(=O)CS[C@H]12. The van der Waals surface area contributed by atoms with Crippen molar-refractivity contribution in [3.8, 4) is 5.75 Å². The summed E-state index contributed by atoms with van der Waals surface area (Å²) in [4.78, 5) is 59.0. The van der Waals surface area contributed by atoms with Gasteiger partial charge in [0.25, 0.3) is 11.8 Å². The first kappa shape index (κ1) is 24.6. The molecule has 2 aliphatic rings.